The topological polar surface area (TPSA) is 60.9 Å². The van der Waals surface area contributed by atoms with Crippen molar-refractivity contribution in [3.63, 3.8) is 0 Å². The van der Waals surface area contributed by atoms with Crippen LogP contribution in [0.25, 0.3) is 0 Å². The fraction of sp³-hybridized carbons (Fsp3) is 0.684. The summed E-state index contributed by atoms with van der Waals surface area (Å²) in [5, 5.41) is 0. The van der Waals surface area contributed by atoms with Crippen LogP contribution < -0.4 is 4.74 Å². The maximum absolute atomic E-state index is 11.9. The molecule has 0 radical (unpaired) electrons. The number of rotatable bonds is 6. The van der Waals surface area contributed by atoms with Crippen LogP contribution in [0.4, 0.5) is 0 Å². The van der Waals surface area contributed by atoms with Crippen molar-refractivity contribution >= 4 is 5.91 Å². The first-order valence-electron chi connectivity index (χ1n) is 9.14. The monoisotopic (exact) mass is 348 g/mol. The summed E-state index contributed by atoms with van der Waals surface area (Å²) in [7, 11) is 1.56. The van der Waals surface area contributed by atoms with E-state index in [4.69, 9.17) is 14.2 Å². The number of likely N-dealkylation sites (tertiary alicyclic amines) is 1. The van der Waals surface area contributed by atoms with Gasteiger partial charge in [-0.15, -0.1) is 0 Å². The van der Waals surface area contributed by atoms with Crippen LogP contribution in [-0.4, -0.2) is 61.4 Å². The normalized spacial score (nSPS) is 22.8. The molecule has 6 nitrogen and oxygen atoms in total. The number of amides is 1. The van der Waals surface area contributed by atoms with Crippen LogP contribution >= 0.6 is 0 Å². The lowest BCUT2D eigenvalue weighted by molar-refractivity contribution is -0.150. The minimum atomic E-state index is -0.0521. The van der Waals surface area contributed by atoms with Gasteiger partial charge in [0, 0.05) is 39.2 Å². The van der Waals surface area contributed by atoms with Gasteiger partial charge in [-0.2, -0.15) is 0 Å². The van der Waals surface area contributed by atoms with Crippen molar-refractivity contribution in [2.45, 2.75) is 37.7 Å². The number of methoxy groups -OCH3 is 1. The Hall–Kier alpha value is -1.66. The zero-order chi connectivity index (χ0) is 17.5. The first-order chi connectivity index (χ1) is 12.2. The summed E-state index contributed by atoms with van der Waals surface area (Å²) in [6.45, 7) is 3.24. The molecule has 1 aromatic heterocycles. The Bertz CT molecular complexity index is 544. The first kappa shape index (κ1) is 18.1. The van der Waals surface area contributed by atoms with Crippen LogP contribution in [0.15, 0.2) is 24.5 Å². The summed E-state index contributed by atoms with van der Waals surface area (Å²) >= 11 is 0. The van der Waals surface area contributed by atoms with E-state index >= 15 is 0 Å². The van der Waals surface area contributed by atoms with Crippen LogP contribution in [0.1, 0.15) is 32.1 Å². The minimum Gasteiger partial charge on any atom is -0.493 e. The number of aromatic nitrogens is 1. The van der Waals surface area contributed by atoms with E-state index < -0.39 is 0 Å². The van der Waals surface area contributed by atoms with E-state index in [2.05, 4.69) is 4.98 Å². The molecule has 2 aliphatic rings. The van der Waals surface area contributed by atoms with E-state index in [-0.39, 0.29) is 18.1 Å². The molecule has 2 saturated heterocycles. The van der Waals surface area contributed by atoms with Gasteiger partial charge in [0.1, 0.15) is 12.4 Å². The molecule has 3 heterocycles. The van der Waals surface area contributed by atoms with Crippen LogP contribution in [-0.2, 0) is 14.3 Å². The van der Waals surface area contributed by atoms with Gasteiger partial charge in [-0.05, 0) is 50.2 Å². The van der Waals surface area contributed by atoms with Crippen LogP contribution in [0.5, 0.6) is 5.75 Å². The summed E-state index contributed by atoms with van der Waals surface area (Å²) in [6.07, 6.45) is 8.54. The van der Waals surface area contributed by atoms with Gasteiger partial charge in [0.15, 0.2) is 0 Å². The molecule has 25 heavy (non-hydrogen) atoms. The molecule has 138 valence electrons. The molecule has 0 bridgehead atoms. The Morgan fingerprint density at radius 1 is 1.36 bits per heavy atom. The van der Waals surface area contributed by atoms with E-state index in [0.29, 0.717) is 5.92 Å². The van der Waals surface area contributed by atoms with E-state index in [0.717, 1.165) is 64.2 Å². The predicted octanol–water partition coefficient (Wildman–Crippen LogP) is 2.28. The second-order valence-electron chi connectivity index (χ2n) is 7.02. The fourth-order valence-corrected chi connectivity index (χ4v) is 3.88. The molecule has 0 N–H and O–H groups in total. The van der Waals surface area contributed by atoms with Gasteiger partial charge in [-0.25, -0.2) is 0 Å². The Morgan fingerprint density at radius 2 is 2.12 bits per heavy atom. The van der Waals surface area contributed by atoms with Crippen molar-refractivity contribution in [1.29, 1.82) is 0 Å². The quantitative estimate of drug-likeness (QED) is 0.789. The molecule has 1 amide bonds. The molecule has 2 fully saturated rings. The molecule has 1 atom stereocenters. The van der Waals surface area contributed by atoms with Crippen molar-refractivity contribution in [2.24, 2.45) is 5.92 Å². The molecule has 3 rings (SSSR count). The Morgan fingerprint density at radius 3 is 2.84 bits per heavy atom. The summed E-state index contributed by atoms with van der Waals surface area (Å²) in [4.78, 5) is 17.8. The summed E-state index contributed by atoms with van der Waals surface area (Å²) in [5.74, 6) is 1.58. The van der Waals surface area contributed by atoms with Gasteiger partial charge in [-0.3, -0.25) is 9.78 Å². The molecule has 1 aromatic rings. The molecule has 0 aromatic carbocycles. The molecular formula is C19H28N2O4. The number of ether oxygens (including phenoxy) is 3. The third kappa shape index (κ3) is 4.92. The predicted molar refractivity (Wildman–Crippen MR) is 93.4 cm³/mol. The lowest BCUT2D eigenvalue weighted by atomic mass is 9.78. The van der Waals surface area contributed by atoms with Gasteiger partial charge >= 0.3 is 0 Å². The second kappa shape index (κ2) is 8.63. The van der Waals surface area contributed by atoms with Crippen LogP contribution in [0.2, 0.25) is 0 Å². The highest BCUT2D eigenvalue weighted by atomic mass is 16.5. The number of carbonyl (C=O) groups excluding carboxylic acids is 1. The van der Waals surface area contributed by atoms with E-state index in [1.807, 2.05) is 17.0 Å². The van der Waals surface area contributed by atoms with Crippen LogP contribution in [0, 0.1) is 5.92 Å². The smallest absolute Gasteiger partial charge is 0.248 e. The molecule has 0 saturated carbocycles. The SMILES string of the molecule is COCC(=O)N1CCC2(CC1)CC(CCOc1ccncc1)CCO2. The molecular weight excluding hydrogens is 320 g/mol. The number of hydrogen-bond acceptors (Lipinski definition) is 5. The van der Waals surface area contributed by atoms with Crippen molar-refractivity contribution in [3.05, 3.63) is 24.5 Å². The average molecular weight is 348 g/mol. The minimum absolute atomic E-state index is 0.0521. The van der Waals surface area contributed by atoms with Crippen molar-refractivity contribution in [2.75, 3.05) is 40.0 Å². The van der Waals surface area contributed by atoms with Crippen molar-refractivity contribution in [3.8, 4) is 5.75 Å². The van der Waals surface area contributed by atoms with Gasteiger partial charge < -0.3 is 19.1 Å². The maximum Gasteiger partial charge on any atom is 0.248 e. The molecule has 6 heteroatoms. The van der Waals surface area contributed by atoms with Crippen molar-refractivity contribution < 1.29 is 19.0 Å². The average Bonchev–Trinajstić information content (AvgIpc) is 2.64. The van der Waals surface area contributed by atoms with Gasteiger partial charge in [0.05, 0.1) is 12.2 Å². The van der Waals surface area contributed by atoms with Crippen molar-refractivity contribution in [1.82, 2.24) is 9.88 Å². The highest BCUT2D eigenvalue weighted by Gasteiger charge is 2.40. The first-order valence-corrected chi connectivity index (χ1v) is 9.14. The van der Waals surface area contributed by atoms with E-state index in [9.17, 15) is 4.79 Å². The summed E-state index contributed by atoms with van der Waals surface area (Å²) < 4.78 is 16.9. The van der Waals surface area contributed by atoms with E-state index in [1.165, 1.54) is 0 Å². The van der Waals surface area contributed by atoms with Gasteiger partial charge in [0.2, 0.25) is 5.91 Å². The number of carbonyl (C=O) groups is 1. The third-order valence-electron chi connectivity index (χ3n) is 5.33. The fourth-order valence-electron chi connectivity index (χ4n) is 3.88. The number of hydrogen-bond donors (Lipinski definition) is 0. The van der Waals surface area contributed by atoms with Gasteiger partial charge in [0.25, 0.3) is 0 Å². The van der Waals surface area contributed by atoms with E-state index in [1.54, 1.807) is 19.5 Å². The third-order valence-corrected chi connectivity index (χ3v) is 5.33. The van der Waals surface area contributed by atoms with Gasteiger partial charge in [-0.1, -0.05) is 0 Å². The highest BCUT2D eigenvalue weighted by molar-refractivity contribution is 5.77. The number of nitrogens with zero attached hydrogens (tertiary/aromatic N) is 2. The van der Waals surface area contributed by atoms with Crippen LogP contribution in [0.3, 0.4) is 0 Å². The number of piperidine rings is 1. The Labute approximate surface area is 149 Å². The zero-order valence-electron chi connectivity index (χ0n) is 15.0. The lowest BCUT2D eigenvalue weighted by Crippen LogP contribution is -2.51. The lowest BCUT2D eigenvalue weighted by Gasteiger charge is -2.46. The standard InChI is InChI=1S/C19H28N2O4/c1-23-15-18(22)21-10-6-19(7-11-21)14-16(5-13-25-19)4-12-24-17-2-8-20-9-3-17/h2-3,8-9,16H,4-7,10-15H2,1H3. The summed E-state index contributed by atoms with van der Waals surface area (Å²) in [5.41, 5.74) is -0.0521. The highest BCUT2D eigenvalue weighted by Crippen LogP contribution is 2.38. The number of pyridine rings is 1. The molecule has 2 aliphatic heterocycles. The summed E-state index contributed by atoms with van der Waals surface area (Å²) in [6, 6.07) is 3.77. The Balaban J connectivity index is 1.44. The second-order valence-corrected chi connectivity index (χ2v) is 7.02. The Kier molecular flexibility index (Phi) is 6.26. The molecule has 0 aliphatic carbocycles. The zero-order valence-corrected chi connectivity index (χ0v) is 15.0. The molecule has 1 unspecified atom stereocenters. The largest absolute Gasteiger partial charge is 0.493 e. The molecule has 1 spiro atoms. The maximum atomic E-state index is 11.9.